The molecule has 2 N–H and O–H groups in total. The summed E-state index contributed by atoms with van der Waals surface area (Å²) in [6, 6.07) is 9.98. The molecule has 3 heteroatoms. The van der Waals surface area contributed by atoms with E-state index >= 15 is 0 Å². The lowest BCUT2D eigenvalue weighted by atomic mass is 10.0. The summed E-state index contributed by atoms with van der Waals surface area (Å²) in [6.07, 6.45) is 4.86. The van der Waals surface area contributed by atoms with Gasteiger partial charge < -0.3 is 10.6 Å². The maximum Gasteiger partial charge on any atom is 0.222 e. The van der Waals surface area contributed by atoms with Crippen LogP contribution in [0.15, 0.2) is 30.3 Å². The van der Waals surface area contributed by atoms with Gasteiger partial charge in [0.2, 0.25) is 5.91 Å². The average molecular weight is 246 g/mol. The van der Waals surface area contributed by atoms with Gasteiger partial charge in [0.15, 0.2) is 0 Å². The van der Waals surface area contributed by atoms with Crippen LogP contribution in [0.4, 0.5) is 0 Å². The van der Waals surface area contributed by atoms with Crippen molar-refractivity contribution in [2.24, 2.45) is 5.73 Å². The van der Waals surface area contributed by atoms with Gasteiger partial charge in [-0.05, 0) is 31.2 Å². The molecule has 0 aliphatic carbocycles. The zero-order valence-corrected chi connectivity index (χ0v) is 10.8. The third kappa shape index (κ3) is 3.57. The van der Waals surface area contributed by atoms with Gasteiger partial charge in [-0.1, -0.05) is 30.3 Å². The Hall–Kier alpha value is -1.35. The first-order valence-electron chi connectivity index (χ1n) is 6.85. The predicted octanol–water partition coefficient (Wildman–Crippen LogP) is 2.48. The number of likely N-dealkylation sites (tertiary alicyclic amines) is 1. The van der Waals surface area contributed by atoms with E-state index in [0.717, 1.165) is 37.9 Å². The van der Waals surface area contributed by atoms with Crippen molar-refractivity contribution in [2.75, 3.05) is 13.1 Å². The molecule has 3 nitrogen and oxygen atoms in total. The van der Waals surface area contributed by atoms with Gasteiger partial charge in [-0.2, -0.15) is 0 Å². The van der Waals surface area contributed by atoms with Crippen LogP contribution in [0.3, 0.4) is 0 Å². The van der Waals surface area contributed by atoms with Gasteiger partial charge >= 0.3 is 0 Å². The summed E-state index contributed by atoms with van der Waals surface area (Å²) in [5, 5.41) is 0. The zero-order valence-electron chi connectivity index (χ0n) is 10.8. The third-order valence-corrected chi connectivity index (χ3v) is 3.61. The molecule has 1 unspecified atom stereocenters. The molecule has 1 aromatic carbocycles. The summed E-state index contributed by atoms with van der Waals surface area (Å²) in [5.74, 6) is 0.265. The van der Waals surface area contributed by atoms with Crippen molar-refractivity contribution in [3.05, 3.63) is 35.9 Å². The molecule has 1 saturated heterocycles. The summed E-state index contributed by atoms with van der Waals surface area (Å²) in [4.78, 5) is 14.0. The van der Waals surface area contributed by atoms with Crippen LogP contribution in [0, 0.1) is 0 Å². The van der Waals surface area contributed by atoms with Crippen molar-refractivity contribution in [3.63, 3.8) is 0 Å². The quantitative estimate of drug-likeness (QED) is 0.887. The number of piperidine rings is 1. The van der Waals surface area contributed by atoms with E-state index in [1.165, 1.54) is 6.42 Å². The molecule has 1 atom stereocenters. The normalized spacial score (nSPS) is 17.5. The first-order chi connectivity index (χ1) is 8.77. The third-order valence-electron chi connectivity index (χ3n) is 3.61. The van der Waals surface area contributed by atoms with Crippen LogP contribution < -0.4 is 5.73 Å². The Morgan fingerprint density at radius 2 is 1.83 bits per heavy atom. The van der Waals surface area contributed by atoms with E-state index in [0.29, 0.717) is 6.42 Å². The van der Waals surface area contributed by atoms with E-state index in [1.807, 2.05) is 35.2 Å². The highest BCUT2D eigenvalue weighted by Gasteiger charge is 2.17. The molecule has 2 rings (SSSR count). The number of nitrogens with zero attached hydrogens (tertiary/aromatic N) is 1. The zero-order chi connectivity index (χ0) is 12.8. The van der Waals surface area contributed by atoms with Crippen LogP contribution in [0.5, 0.6) is 0 Å². The van der Waals surface area contributed by atoms with E-state index in [1.54, 1.807) is 0 Å². The number of nitrogens with two attached hydrogens (primary N) is 1. The Balaban J connectivity index is 1.78. The monoisotopic (exact) mass is 246 g/mol. The molecule has 1 amide bonds. The number of amides is 1. The summed E-state index contributed by atoms with van der Waals surface area (Å²) in [5.41, 5.74) is 7.22. The lowest BCUT2D eigenvalue weighted by molar-refractivity contribution is -0.132. The van der Waals surface area contributed by atoms with Crippen LogP contribution in [0.2, 0.25) is 0 Å². The first-order valence-corrected chi connectivity index (χ1v) is 6.85. The highest BCUT2D eigenvalue weighted by atomic mass is 16.2. The van der Waals surface area contributed by atoms with E-state index in [9.17, 15) is 4.79 Å². The van der Waals surface area contributed by atoms with Gasteiger partial charge in [0.1, 0.15) is 0 Å². The van der Waals surface area contributed by atoms with E-state index in [2.05, 4.69) is 0 Å². The molecule has 1 fully saturated rings. The molecule has 98 valence electrons. The number of carbonyl (C=O) groups is 1. The molecule has 0 spiro atoms. The van der Waals surface area contributed by atoms with Crippen molar-refractivity contribution >= 4 is 5.91 Å². The highest BCUT2D eigenvalue weighted by molar-refractivity contribution is 5.76. The fourth-order valence-electron chi connectivity index (χ4n) is 2.45. The number of carbonyl (C=O) groups excluding carboxylic acids is 1. The molecule has 18 heavy (non-hydrogen) atoms. The van der Waals surface area contributed by atoms with E-state index in [4.69, 9.17) is 5.73 Å². The molecule has 1 aliphatic rings. The Kier molecular flexibility index (Phi) is 4.76. The minimum absolute atomic E-state index is 0.0278. The first kappa shape index (κ1) is 13.1. The van der Waals surface area contributed by atoms with Gasteiger partial charge in [0, 0.05) is 25.6 Å². The van der Waals surface area contributed by atoms with Crippen molar-refractivity contribution < 1.29 is 4.79 Å². The van der Waals surface area contributed by atoms with Crippen molar-refractivity contribution in [1.82, 2.24) is 4.90 Å². The second kappa shape index (κ2) is 6.55. The van der Waals surface area contributed by atoms with Crippen molar-refractivity contribution in [1.29, 1.82) is 0 Å². The van der Waals surface area contributed by atoms with E-state index < -0.39 is 0 Å². The van der Waals surface area contributed by atoms with Crippen LogP contribution in [-0.2, 0) is 4.79 Å². The molecular formula is C15H22N2O. The molecule has 1 aliphatic heterocycles. The van der Waals surface area contributed by atoms with Crippen LogP contribution >= 0.6 is 0 Å². The summed E-state index contributed by atoms with van der Waals surface area (Å²) in [7, 11) is 0. The highest BCUT2D eigenvalue weighted by Crippen LogP contribution is 2.17. The lowest BCUT2D eigenvalue weighted by Gasteiger charge is -2.27. The Morgan fingerprint density at radius 3 is 2.50 bits per heavy atom. The largest absolute Gasteiger partial charge is 0.343 e. The van der Waals surface area contributed by atoms with E-state index in [-0.39, 0.29) is 11.9 Å². The van der Waals surface area contributed by atoms with Crippen LogP contribution in [-0.4, -0.2) is 23.9 Å². The summed E-state index contributed by atoms with van der Waals surface area (Å²) < 4.78 is 0. The number of hydrogen-bond acceptors (Lipinski definition) is 2. The average Bonchev–Trinajstić information content (AvgIpc) is 2.46. The van der Waals surface area contributed by atoms with Crippen molar-refractivity contribution in [2.45, 2.75) is 38.1 Å². The van der Waals surface area contributed by atoms with Crippen LogP contribution in [0.25, 0.3) is 0 Å². The Morgan fingerprint density at radius 1 is 1.17 bits per heavy atom. The number of rotatable bonds is 4. The minimum Gasteiger partial charge on any atom is -0.343 e. The summed E-state index contributed by atoms with van der Waals surface area (Å²) >= 11 is 0. The number of hydrogen-bond donors (Lipinski definition) is 1. The van der Waals surface area contributed by atoms with Gasteiger partial charge in [0.25, 0.3) is 0 Å². The maximum atomic E-state index is 12.0. The van der Waals surface area contributed by atoms with Gasteiger partial charge in [-0.3, -0.25) is 4.79 Å². The summed E-state index contributed by atoms with van der Waals surface area (Å²) in [6.45, 7) is 1.86. The van der Waals surface area contributed by atoms with Gasteiger partial charge in [0.05, 0.1) is 0 Å². The molecule has 0 aromatic heterocycles. The van der Waals surface area contributed by atoms with Gasteiger partial charge in [-0.25, -0.2) is 0 Å². The molecule has 0 radical (unpaired) electrons. The molecule has 1 aromatic rings. The molecule has 1 heterocycles. The minimum atomic E-state index is -0.0278. The molecular weight excluding hydrogens is 224 g/mol. The number of benzene rings is 1. The van der Waals surface area contributed by atoms with Crippen LogP contribution in [0.1, 0.15) is 43.7 Å². The SMILES string of the molecule is NC(CCC(=O)N1CCCCC1)c1ccccc1. The Labute approximate surface area is 109 Å². The topological polar surface area (TPSA) is 46.3 Å². The second-order valence-corrected chi connectivity index (χ2v) is 5.00. The second-order valence-electron chi connectivity index (χ2n) is 5.00. The smallest absolute Gasteiger partial charge is 0.222 e. The fraction of sp³-hybridized carbons (Fsp3) is 0.533. The lowest BCUT2D eigenvalue weighted by Crippen LogP contribution is -2.35. The molecule has 0 saturated carbocycles. The van der Waals surface area contributed by atoms with Crippen molar-refractivity contribution in [3.8, 4) is 0 Å². The Bertz CT molecular complexity index is 371. The molecule has 0 bridgehead atoms. The van der Waals surface area contributed by atoms with Gasteiger partial charge in [-0.15, -0.1) is 0 Å². The predicted molar refractivity (Wildman–Crippen MR) is 73.0 cm³/mol. The maximum absolute atomic E-state index is 12.0. The standard InChI is InChI=1S/C15H22N2O/c16-14(13-7-3-1-4-8-13)9-10-15(18)17-11-5-2-6-12-17/h1,3-4,7-8,14H,2,5-6,9-12,16H2. The fourth-order valence-corrected chi connectivity index (χ4v) is 2.45.